The smallest absolute Gasteiger partial charge is 0.340 e. The van der Waals surface area contributed by atoms with Gasteiger partial charge in [0.15, 0.2) is 6.61 Å². The summed E-state index contributed by atoms with van der Waals surface area (Å²) in [5.74, 6) is -0.917. The van der Waals surface area contributed by atoms with Crippen molar-refractivity contribution in [2.75, 3.05) is 13.7 Å². The Hall–Kier alpha value is -3.25. The van der Waals surface area contributed by atoms with E-state index in [4.69, 9.17) is 9.47 Å². The van der Waals surface area contributed by atoms with Gasteiger partial charge in [-0.3, -0.25) is 4.79 Å². The zero-order valence-corrected chi connectivity index (χ0v) is 18.2. The van der Waals surface area contributed by atoms with E-state index in [0.717, 1.165) is 34.9 Å². The molecule has 31 heavy (non-hydrogen) atoms. The van der Waals surface area contributed by atoms with Crippen molar-refractivity contribution in [1.29, 1.82) is 0 Å². The topological polar surface area (TPSA) is 77.5 Å². The number of nitrogens with zero attached hydrogens (tertiary/aromatic N) is 1. The Morgan fingerprint density at radius 3 is 2.48 bits per heavy atom. The molecule has 0 aliphatic carbocycles. The van der Waals surface area contributed by atoms with Crippen LogP contribution in [0.3, 0.4) is 0 Å². The highest BCUT2D eigenvalue weighted by molar-refractivity contribution is 5.99. The largest absolute Gasteiger partial charge is 0.452 e. The van der Waals surface area contributed by atoms with Crippen molar-refractivity contribution in [3.8, 4) is 0 Å². The molecule has 0 spiro atoms. The maximum Gasteiger partial charge on any atom is 0.340 e. The van der Waals surface area contributed by atoms with E-state index in [1.807, 2.05) is 61.5 Å². The van der Waals surface area contributed by atoms with Gasteiger partial charge >= 0.3 is 5.97 Å². The summed E-state index contributed by atoms with van der Waals surface area (Å²) in [6, 6.07) is 17.3. The summed E-state index contributed by atoms with van der Waals surface area (Å²) in [5.41, 5.74) is 3.42. The van der Waals surface area contributed by atoms with Crippen molar-refractivity contribution in [2.45, 2.75) is 39.3 Å². The molecule has 3 rings (SSSR count). The van der Waals surface area contributed by atoms with Gasteiger partial charge in [-0.15, -0.1) is 0 Å². The quantitative estimate of drug-likeness (QED) is 0.516. The normalized spacial score (nSPS) is 11.8. The molecule has 3 aromatic rings. The van der Waals surface area contributed by atoms with Crippen molar-refractivity contribution in [2.24, 2.45) is 0 Å². The number of esters is 1. The Morgan fingerprint density at radius 2 is 1.77 bits per heavy atom. The average molecular weight is 421 g/mol. The number of rotatable bonds is 9. The van der Waals surface area contributed by atoms with Crippen LogP contribution < -0.4 is 5.32 Å². The molecule has 162 valence electrons. The number of benzene rings is 2. The fourth-order valence-electron chi connectivity index (χ4n) is 3.69. The lowest BCUT2D eigenvalue weighted by Gasteiger charge is -2.19. The standard InChI is InChI=1S/C25H28N2O4/c1-4-10-20(18-11-6-5-7-12-18)27-23(28)16-31-25(29)24-17(2)19-13-8-9-14-21(19)26-22(24)15-30-3/h5-9,11-14,20H,4,10,15-16H2,1-3H3,(H,27,28). The van der Waals surface area contributed by atoms with E-state index in [2.05, 4.69) is 17.2 Å². The van der Waals surface area contributed by atoms with Gasteiger partial charge in [0.05, 0.1) is 29.4 Å². The number of hydrogen-bond acceptors (Lipinski definition) is 5. The van der Waals surface area contributed by atoms with Crippen molar-refractivity contribution in [3.63, 3.8) is 0 Å². The van der Waals surface area contributed by atoms with Crippen molar-refractivity contribution in [3.05, 3.63) is 77.0 Å². The Labute approximate surface area is 182 Å². The second-order valence-corrected chi connectivity index (χ2v) is 7.40. The highest BCUT2D eigenvalue weighted by Crippen LogP contribution is 2.24. The molecule has 1 atom stereocenters. The number of ether oxygens (including phenoxy) is 2. The summed E-state index contributed by atoms with van der Waals surface area (Å²) in [5, 5.41) is 3.84. The summed E-state index contributed by atoms with van der Waals surface area (Å²) in [4.78, 5) is 30.0. The van der Waals surface area contributed by atoms with Crippen LogP contribution in [0, 0.1) is 6.92 Å². The predicted molar refractivity (Wildman–Crippen MR) is 120 cm³/mol. The third-order valence-electron chi connectivity index (χ3n) is 5.16. The predicted octanol–water partition coefficient (Wildman–Crippen LogP) is 4.50. The number of carbonyl (C=O) groups is 2. The van der Waals surface area contributed by atoms with Crippen LogP contribution >= 0.6 is 0 Å². The Balaban J connectivity index is 1.74. The van der Waals surface area contributed by atoms with E-state index in [-0.39, 0.29) is 25.2 Å². The number of pyridine rings is 1. The maximum absolute atomic E-state index is 12.9. The van der Waals surface area contributed by atoms with Crippen LogP contribution in [0.2, 0.25) is 0 Å². The fourth-order valence-corrected chi connectivity index (χ4v) is 3.69. The number of aromatic nitrogens is 1. The number of fused-ring (bicyclic) bond motifs is 1. The fraction of sp³-hybridized carbons (Fsp3) is 0.320. The summed E-state index contributed by atoms with van der Waals surface area (Å²) < 4.78 is 10.6. The lowest BCUT2D eigenvalue weighted by atomic mass is 10.0. The summed E-state index contributed by atoms with van der Waals surface area (Å²) in [6.07, 6.45) is 1.72. The van der Waals surface area contributed by atoms with Gasteiger partial charge < -0.3 is 14.8 Å². The Bertz CT molecular complexity index is 1050. The van der Waals surface area contributed by atoms with E-state index in [0.29, 0.717) is 11.3 Å². The molecule has 1 heterocycles. The van der Waals surface area contributed by atoms with Crippen molar-refractivity contribution < 1.29 is 19.1 Å². The van der Waals surface area contributed by atoms with Crippen molar-refractivity contribution >= 4 is 22.8 Å². The zero-order valence-electron chi connectivity index (χ0n) is 18.2. The molecule has 1 N–H and O–H groups in total. The molecule has 0 radical (unpaired) electrons. The van der Waals surface area contributed by atoms with Gasteiger partial charge in [0, 0.05) is 12.5 Å². The molecule has 0 aliphatic heterocycles. The minimum Gasteiger partial charge on any atom is -0.452 e. The summed E-state index contributed by atoms with van der Waals surface area (Å²) >= 11 is 0. The third kappa shape index (κ3) is 5.47. The minimum atomic E-state index is -0.579. The molecule has 6 heteroatoms. The van der Waals surface area contributed by atoms with Gasteiger partial charge in [0.2, 0.25) is 0 Å². The van der Waals surface area contributed by atoms with Crippen LogP contribution in [-0.4, -0.2) is 30.6 Å². The Morgan fingerprint density at radius 1 is 1.06 bits per heavy atom. The molecular formula is C25H28N2O4. The minimum absolute atomic E-state index is 0.120. The molecule has 1 unspecified atom stereocenters. The first kappa shape index (κ1) is 22.4. The van der Waals surface area contributed by atoms with E-state index in [1.165, 1.54) is 0 Å². The van der Waals surface area contributed by atoms with E-state index in [9.17, 15) is 9.59 Å². The molecule has 0 bridgehead atoms. The van der Waals surface area contributed by atoms with E-state index >= 15 is 0 Å². The van der Waals surface area contributed by atoms with Crippen LogP contribution in [0.15, 0.2) is 54.6 Å². The molecule has 0 saturated heterocycles. The van der Waals surface area contributed by atoms with Crippen LogP contribution in [0.5, 0.6) is 0 Å². The van der Waals surface area contributed by atoms with E-state index in [1.54, 1.807) is 7.11 Å². The van der Waals surface area contributed by atoms with Gasteiger partial charge in [-0.05, 0) is 30.5 Å². The van der Waals surface area contributed by atoms with Crippen LogP contribution in [0.1, 0.15) is 53.0 Å². The average Bonchev–Trinajstić information content (AvgIpc) is 2.78. The SMILES string of the molecule is CCCC(NC(=O)COC(=O)c1c(COC)nc2ccccc2c1C)c1ccccc1. The van der Waals surface area contributed by atoms with Gasteiger partial charge in [0.25, 0.3) is 5.91 Å². The number of amides is 1. The lowest BCUT2D eigenvalue weighted by molar-refractivity contribution is -0.125. The number of methoxy groups -OCH3 is 1. The molecule has 1 aromatic heterocycles. The molecule has 0 aliphatic rings. The number of aryl methyl sites for hydroxylation is 1. The molecule has 6 nitrogen and oxygen atoms in total. The third-order valence-corrected chi connectivity index (χ3v) is 5.16. The lowest BCUT2D eigenvalue weighted by Crippen LogP contribution is -2.32. The van der Waals surface area contributed by atoms with Crippen LogP contribution in [0.25, 0.3) is 10.9 Å². The second kappa shape index (κ2) is 10.7. The highest BCUT2D eigenvalue weighted by Gasteiger charge is 2.22. The summed E-state index contributed by atoms with van der Waals surface area (Å²) in [7, 11) is 1.55. The first-order valence-electron chi connectivity index (χ1n) is 10.4. The monoisotopic (exact) mass is 420 g/mol. The zero-order chi connectivity index (χ0) is 22.2. The first-order valence-corrected chi connectivity index (χ1v) is 10.4. The summed E-state index contributed by atoms with van der Waals surface area (Å²) in [6.45, 7) is 3.74. The van der Waals surface area contributed by atoms with Gasteiger partial charge in [0.1, 0.15) is 0 Å². The number of para-hydroxylation sites is 1. The number of nitrogens with one attached hydrogen (secondary N) is 1. The number of hydrogen-bond donors (Lipinski definition) is 1. The maximum atomic E-state index is 12.9. The molecule has 1 amide bonds. The van der Waals surface area contributed by atoms with Crippen LogP contribution in [0.4, 0.5) is 0 Å². The van der Waals surface area contributed by atoms with Crippen molar-refractivity contribution in [1.82, 2.24) is 10.3 Å². The second-order valence-electron chi connectivity index (χ2n) is 7.40. The van der Waals surface area contributed by atoms with Gasteiger partial charge in [-0.1, -0.05) is 61.9 Å². The Kier molecular flexibility index (Phi) is 7.73. The number of carbonyl (C=O) groups excluding carboxylic acids is 2. The first-order chi connectivity index (χ1) is 15.0. The molecule has 2 aromatic carbocycles. The molecule has 0 saturated carbocycles. The molecule has 0 fully saturated rings. The van der Waals surface area contributed by atoms with Gasteiger partial charge in [-0.25, -0.2) is 9.78 Å². The highest BCUT2D eigenvalue weighted by atomic mass is 16.5. The van der Waals surface area contributed by atoms with Gasteiger partial charge in [-0.2, -0.15) is 0 Å². The van der Waals surface area contributed by atoms with E-state index < -0.39 is 5.97 Å². The van der Waals surface area contributed by atoms with Crippen LogP contribution in [-0.2, 0) is 20.9 Å². The molecular weight excluding hydrogens is 392 g/mol.